The zero-order valence-corrected chi connectivity index (χ0v) is 11.4. The number of nitrogens with zero attached hydrogens (tertiary/aromatic N) is 1. The maximum absolute atomic E-state index is 11.3. The van der Waals surface area contributed by atoms with Gasteiger partial charge in [0.2, 0.25) is 0 Å². The number of aryl methyl sites for hydroxylation is 1. The lowest BCUT2D eigenvalue weighted by Crippen LogP contribution is -2.17. The summed E-state index contributed by atoms with van der Waals surface area (Å²) in [5, 5.41) is 20.0. The fourth-order valence-electron chi connectivity index (χ4n) is 1.65. The van der Waals surface area contributed by atoms with Gasteiger partial charge in [-0.3, -0.25) is 10.1 Å². The van der Waals surface area contributed by atoms with Crippen molar-refractivity contribution in [3.8, 4) is 0 Å². The number of carbonyl (C=O) groups is 1. The number of non-ortho nitro benzene ring substituents is 1. The zero-order valence-electron chi connectivity index (χ0n) is 11.4. The van der Waals surface area contributed by atoms with E-state index < -0.39 is 16.3 Å². The molecule has 5 heteroatoms. The molecular formula is C14H17NO4. The Morgan fingerprint density at radius 1 is 1.37 bits per heavy atom. The largest absolute Gasteiger partial charge is 0.478 e. The summed E-state index contributed by atoms with van der Waals surface area (Å²) in [6.07, 6.45) is 1.50. The van der Waals surface area contributed by atoms with Gasteiger partial charge in [-0.05, 0) is 29.5 Å². The van der Waals surface area contributed by atoms with E-state index in [2.05, 4.69) is 0 Å². The summed E-state index contributed by atoms with van der Waals surface area (Å²) in [5.41, 5.74) is 0.991. The molecule has 1 aromatic carbocycles. The molecule has 1 aromatic rings. The molecule has 0 amide bonds. The van der Waals surface area contributed by atoms with E-state index in [0.717, 1.165) is 5.56 Å². The fraction of sp³-hybridized carbons (Fsp3) is 0.357. The third kappa shape index (κ3) is 3.64. The van der Waals surface area contributed by atoms with Crippen LogP contribution in [-0.2, 0) is 4.79 Å². The predicted octanol–water partition coefficient (Wildman–Crippen LogP) is 3.42. The molecule has 1 N–H and O–H groups in total. The van der Waals surface area contributed by atoms with Gasteiger partial charge in [0.1, 0.15) is 0 Å². The molecule has 19 heavy (non-hydrogen) atoms. The number of carboxylic acids is 1. The van der Waals surface area contributed by atoms with E-state index in [1.54, 1.807) is 33.8 Å². The Bertz CT molecular complexity index is 553. The molecule has 0 aliphatic carbocycles. The van der Waals surface area contributed by atoms with Crippen LogP contribution in [0.3, 0.4) is 0 Å². The van der Waals surface area contributed by atoms with Gasteiger partial charge in [-0.2, -0.15) is 0 Å². The topological polar surface area (TPSA) is 80.4 Å². The molecule has 0 aromatic heterocycles. The van der Waals surface area contributed by atoms with Gasteiger partial charge in [-0.15, -0.1) is 0 Å². The molecule has 0 heterocycles. The van der Waals surface area contributed by atoms with E-state index in [4.69, 9.17) is 0 Å². The van der Waals surface area contributed by atoms with Crippen LogP contribution < -0.4 is 0 Å². The molecule has 0 saturated carbocycles. The summed E-state index contributed by atoms with van der Waals surface area (Å²) in [6.45, 7) is 7.16. The first-order valence-electron chi connectivity index (χ1n) is 5.83. The van der Waals surface area contributed by atoms with Crippen LogP contribution in [0.4, 0.5) is 5.69 Å². The van der Waals surface area contributed by atoms with Gasteiger partial charge in [0.15, 0.2) is 0 Å². The van der Waals surface area contributed by atoms with E-state index in [1.807, 2.05) is 0 Å². The summed E-state index contributed by atoms with van der Waals surface area (Å²) in [6, 6.07) is 4.42. The van der Waals surface area contributed by atoms with Gasteiger partial charge in [-0.1, -0.05) is 26.8 Å². The third-order valence-corrected chi connectivity index (χ3v) is 2.81. The maximum atomic E-state index is 11.3. The van der Waals surface area contributed by atoms with Crippen LogP contribution >= 0.6 is 0 Å². The fourth-order valence-corrected chi connectivity index (χ4v) is 1.65. The standard InChI is InChI=1S/C14H17NO4/c1-9-5-6-11(15(18)19)7-10(9)8-12(13(16)17)14(2,3)4/h5-8H,1-4H3,(H,16,17). The van der Waals surface area contributed by atoms with E-state index in [-0.39, 0.29) is 11.3 Å². The van der Waals surface area contributed by atoms with Crippen LogP contribution in [0.2, 0.25) is 0 Å². The number of benzene rings is 1. The van der Waals surface area contributed by atoms with E-state index in [9.17, 15) is 20.0 Å². The molecular weight excluding hydrogens is 246 g/mol. The molecule has 0 atom stereocenters. The predicted molar refractivity (Wildman–Crippen MR) is 72.9 cm³/mol. The molecule has 0 saturated heterocycles. The monoisotopic (exact) mass is 263 g/mol. The first kappa shape index (κ1) is 14.9. The maximum Gasteiger partial charge on any atom is 0.332 e. The Balaban J connectivity index is 3.40. The van der Waals surface area contributed by atoms with Gasteiger partial charge in [0, 0.05) is 17.7 Å². The Labute approximate surface area is 111 Å². The van der Waals surface area contributed by atoms with Crippen molar-refractivity contribution in [1.29, 1.82) is 0 Å². The van der Waals surface area contributed by atoms with Crippen molar-refractivity contribution >= 4 is 17.7 Å². The molecule has 0 unspecified atom stereocenters. The molecule has 102 valence electrons. The highest BCUT2D eigenvalue weighted by atomic mass is 16.6. The molecule has 0 bridgehead atoms. The van der Waals surface area contributed by atoms with Gasteiger partial charge >= 0.3 is 5.97 Å². The summed E-state index contributed by atoms with van der Waals surface area (Å²) < 4.78 is 0. The van der Waals surface area contributed by atoms with Crippen molar-refractivity contribution in [2.45, 2.75) is 27.7 Å². The highest BCUT2D eigenvalue weighted by Crippen LogP contribution is 2.29. The summed E-state index contributed by atoms with van der Waals surface area (Å²) in [5.74, 6) is -1.02. The van der Waals surface area contributed by atoms with Crippen LogP contribution in [0, 0.1) is 22.5 Å². The zero-order chi connectivity index (χ0) is 14.8. The van der Waals surface area contributed by atoms with Crippen molar-refractivity contribution in [2.24, 2.45) is 5.41 Å². The smallest absolute Gasteiger partial charge is 0.332 e. The Hall–Kier alpha value is -2.17. The van der Waals surface area contributed by atoms with Crippen molar-refractivity contribution in [3.05, 3.63) is 45.0 Å². The molecule has 0 aliphatic rings. The molecule has 1 rings (SSSR count). The first-order valence-corrected chi connectivity index (χ1v) is 5.83. The van der Waals surface area contributed by atoms with Crippen molar-refractivity contribution < 1.29 is 14.8 Å². The number of hydrogen-bond acceptors (Lipinski definition) is 3. The molecule has 0 radical (unpaired) electrons. The van der Waals surface area contributed by atoms with E-state index in [1.165, 1.54) is 18.2 Å². The second-order valence-corrected chi connectivity index (χ2v) is 5.41. The number of aliphatic carboxylic acids is 1. The Morgan fingerprint density at radius 3 is 2.37 bits per heavy atom. The minimum absolute atomic E-state index is 0.0458. The normalized spacial score (nSPS) is 12.3. The van der Waals surface area contributed by atoms with E-state index >= 15 is 0 Å². The van der Waals surface area contributed by atoms with Crippen molar-refractivity contribution in [3.63, 3.8) is 0 Å². The van der Waals surface area contributed by atoms with Gasteiger partial charge in [0.05, 0.1) is 4.92 Å². The number of rotatable bonds is 3. The highest BCUT2D eigenvalue weighted by molar-refractivity contribution is 5.93. The summed E-state index contributed by atoms with van der Waals surface area (Å²) >= 11 is 0. The minimum Gasteiger partial charge on any atom is -0.478 e. The molecule has 0 spiro atoms. The number of nitro benzene ring substituents is 1. The SMILES string of the molecule is Cc1ccc([N+](=O)[O-])cc1C=C(C(=O)O)C(C)(C)C. The second-order valence-electron chi connectivity index (χ2n) is 5.41. The lowest BCUT2D eigenvalue weighted by atomic mass is 9.85. The van der Waals surface area contributed by atoms with Crippen LogP contribution in [0.25, 0.3) is 6.08 Å². The lowest BCUT2D eigenvalue weighted by Gasteiger charge is -2.19. The third-order valence-electron chi connectivity index (χ3n) is 2.81. The van der Waals surface area contributed by atoms with Crippen molar-refractivity contribution in [2.75, 3.05) is 0 Å². The summed E-state index contributed by atoms with van der Waals surface area (Å²) in [4.78, 5) is 21.5. The Kier molecular flexibility index (Phi) is 4.09. The highest BCUT2D eigenvalue weighted by Gasteiger charge is 2.23. The van der Waals surface area contributed by atoms with Crippen LogP contribution in [0.15, 0.2) is 23.8 Å². The molecule has 0 aliphatic heterocycles. The second kappa shape index (κ2) is 5.22. The van der Waals surface area contributed by atoms with Crippen LogP contribution in [0.1, 0.15) is 31.9 Å². The van der Waals surface area contributed by atoms with Gasteiger partial charge in [0.25, 0.3) is 5.69 Å². The average Bonchev–Trinajstić information content (AvgIpc) is 2.25. The Morgan fingerprint density at radius 2 is 1.95 bits per heavy atom. The van der Waals surface area contributed by atoms with Gasteiger partial charge < -0.3 is 5.11 Å². The van der Waals surface area contributed by atoms with Crippen LogP contribution in [-0.4, -0.2) is 16.0 Å². The lowest BCUT2D eigenvalue weighted by molar-refractivity contribution is -0.384. The van der Waals surface area contributed by atoms with Gasteiger partial charge in [-0.25, -0.2) is 4.79 Å². The van der Waals surface area contributed by atoms with E-state index in [0.29, 0.717) is 5.56 Å². The molecule has 0 fully saturated rings. The number of hydrogen-bond donors (Lipinski definition) is 1. The van der Waals surface area contributed by atoms with Crippen molar-refractivity contribution in [1.82, 2.24) is 0 Å². The average molecular weight is 263 g/mol. The number of nitro groups is 1. The molecule has 5 nitrogen and oxygen atoms in total. The quantitative estimate of drug-likeness (QED) is 0.514. The minimum atomic E-state index is -1.02. The first-order chi connectivity index (χ1) is 8.62. The van der Waals surface area contributed by atoms with Crippen LogP contribution in [0.5, 0.6) is 0 Å². The summed E-state index contributed by atoms with van der Waals surface area (Å²) in [7, 11) is 0. The number of carboxylic acid groups (broad SMARTS) is 1.